The van der Waals surface area contributed by atoms with Crippen LogP contribution in [-0.2, 0) is 6.54 Å². The second kappa shape index (κ2) is 7.40. The molecule has 1 saturated heterocycles. The van der Waals surface area contributed by atoms with E-state index in [0.717, 1.165) is 31.7 Å². The molecule has 0 saturated carbocycles. The standard InChI is InChI=1S/C20H25N5OS/c1-14-7-10-27-18(14)13-24-9-4-5-15(12-24)17-6-8-21-19-16(11-22-25(17)19)20(26)23(2)3/h6-8,10-11,15H,4-5,9,12-13H2,1-3H3. The maximum Gasteiger partial charge on any atom is 0.258 e. The summed E-state index contributed by atoms with van der Waals surface area (Å²) in [5.74, 6) is 0.333. The van der Waals surface area contributed by atoms with Crippen LogP contribution in [0.2, 0.25) is 0 Å². The molecule has 1 amide bonds. The highest BCUT2D eigenvalue weighted by Crippen LogP contribution is 2.29. The van der Waals surface area contributed by atoms with Crippen molar-refractivity contribution in [3.63, 3.8) is 0 Å². The average molecular weight is 384 g/mol. The lowest BCUT2D eigenvalue weighted by atomic mass is 9.94. The molecular weight excluding hydrogens is 358 g/mol. The molecule has 4 heterocycles. The largest absolute Gasteiger partial charge is 0.345 e. The SMILES string of the molecule is Cc1ccsc1CN1CCCC(c2ccnc3c(C(=O)N(C)C)cnn23)C1. The third-order valence-corrected chi connectivity index (χ3v) is 6.33. The zero-order valence-corrected chi connectivity index (χ0v) is 16.9. The Labute approximate surface area is 163 Å². The van der Waals surface area contributed by atoms with Crippen LogP contribution >= 0.6 is 11.3 Å². The van der Waals surface area contributed by atoms with Crippen LogP contribution in [-0.4, -0.2) is 57.5 Å². The van der Waals surface area contributed by atoms with Gasteiger partial charge in [-0.15, -0.1) is 11.3 Å². The molecule has 3 aromatic rings. The first-order valence-corrected chi connectivity index (χ1v) is 10.2. The fourth-order valence-electron chi connectivity index (χ4n) is 3.82. The molecule has 0 spiro atoms. The Hall–Kier alpha value is -2.25. The Morgan fingerprint density at radius 2 is 2.22 bits per heavy atom. The monoisotopic (exact) mass is 383 g/mol. The second-order valence-electron chi connectivity index (χ2n) is 7.46. The van der Waals surface area contributed by atoms with Gasteiger partial charge in [0.05, 0.1) is 11.9 Å². The molecule has 7 heteroatoms. The number of nitrogens with zero attached hydrogens (tertiary/aromatic N) is 5. The number of carbonyl (C=O) groups excluding carboxylic acids is 1. The van der Waals surface area contributed by atoms with Crippen molar-refractivity contribution in [3.8, 4) is 0 Å². The van der Waals surface area contributed by atoms with Gasteiger partial charge in [-0.25, -0.2) is 9.50 Å². The molecule has 27 heavy (non-hydrogen) atoms. The maximum absolute atomic E-state index is 12.4. The van der Waals surface area contributed by atoms with E-state index in [4.69, 9.17) is 0 Å². The van der Waals surface area contributed by atoms with Crippen LogP contribution in [0.25, 0.3) is 5.65 Å². The number of aryl methyl sites for hydroxylation is 1. The van der Waals surface area contributed by atoms with Crippen molar-refractivity contribution >= 4 is 22.9 Å². The molecule has 142 valence electrons. The van der Waals surface area contributed by atoms with Gasteiger partial charge in [0, 0.05) is 44.2 Å². The number of fused-ring (bicyclic) bond motifs is 1. The number of amides is 1. The van der Waals surface area contributed by atoms with E-state index < -0.39 is 0 Å². The lowest BCUT2D eigenvalue weighted by molar-refractivity contribution is 0.0829. The number of piperidine rings is 1. The molecule has 1 aliphatic rings. The lowest BCUT2D eigenvalue weighted by Gasteiger charge is -2.32. The van der Waals surface area contributed by atoms with E-state index in [1.54, 1.807) is 31.4 Å². The molecular formula is C20H25N5OS. The first kappa shape index (κ1) is 18.1. The first-order valence-electron chi connectivity index (χ1n) is 9.34. The van der Waals surface area contributed by atoms with Gasteiger partial charge in [-0.1, -0.05) is 0 Å². The molecule has 1 fully saturated rings. The van der Waals surface area contributed by atoms with Crippen LogP contribution < -0.4 is 0 Å². The topological polar surface area (TPSA) is 53.7 Å². The van der Waals surface area contributed by atoms with Gasteiger partial charge < -0.3 is 4.90 Å². The van der Waals surface area contributed by atoms with Crippen molar-refractivity contribution in [2.45, 2.75) is 32.2 Å². The highest BCUT2D eigenvalue weighted by Gasteiger charge is 2.25. The van der Waals surface area contributed by atoms with Gasteiger partial charge in [0.15, 0.2) is 5.65 Å². The number of thiophene rings is 1. The van der Waals surface area contributed by atoms with Gasteiger partial charge >= 0.3 is 0 Å². The molecule has 6 nitrogen and oxygen atoms in total. The summed E-state index contributed by atoms with van der Waals surface area (Å²) in [6.45, 7) is 5.34. The van der Waals surface area contributed by atoms with Crippen LogP contribution in [0, 0.1) is 6.92 Å². The van der Waals surface area contributed by atoms with Crippen LogP contribution in [0.15, 0.2) is 29.9 Å². The van der Waals surface area contributed by atoms with Crippen LogP contribution in [0.4, 0.5) is 0 Å². The van der Waals surface area contributed by atoms with E-state index in [2.05, 4.69) is 39.4 Å². The second-order valence-corrected chi connectivity index (χ2v) is 8.46. The Kier molecular flexibility index (Phi) is 4.97. The lowest BCUT2D eigenvalue weighted by Crippen LogP contribution is -2.34. The Bertz CT molecular complexity index is 960. The fraction of sp³-hybridized carbons (Fsp3) is 0.450. The molecule has 0 radical (unpaired) electrons. The Morgan fingerprint density at radius 3 is 2.96 bits per heavy atom. The van der Waals surface area contributed by atoms with E-state index in [1.807, 2.05) is 15.9 Å². The first-order chi connectivity index (χ1) is 13.0. The summed E-state index contributed by atoms with van der Waals surface area (Å²) in [5, 5.41) is 6.67. The molecule has 1 aliphatic heterocycles. The van der Waals surface area contributed by atoms with Crippen molar-refractivity contribution in [1.82, 2.24) is 24.4 Å². The van der Waals surface area contributed by atoms with Gasteiger partial charge in [0.25, 0.3) is 5.91 Å². The Balaban J connectivity index is 1.60. The number of likely N-dealkylation sites (tertiary alicyclic amines) is 1. The zero-order chi connectivity index (χ0) is 19.0. The molecule has 0 bridgehead atoms. The highest BCUT2D eigenvalue weighted by atomic mass is 32.1. The summed E-state index contributed by atoms with van der Waals surface area (Å²) in [6.07, 6.45) is 5.75. The van der Waals surface area contributed by atoms with Gasteiger partial charge in [-0.3, -0.25) is 9.69 Å². The van der Waals surface area contributed by atoms with Crippen molar-refractivity contribution in [3.05, 3.63) is 51.6 Å². The summed E-state index contributed by atoms with van der Waals surface area (Å²) >= 11 is 1.84. The molecule has 1 atom stereocenters. The summed E-state index contributed by atoms with van der Waals surface area (Å²) in [6, 6.07) is 4.25. The zero-order valence-electron chi connectivity index (χ0n) is 16.1. The van der Waals surface area contributed by atoms with E-state index in [0.29, 0.717) is 17.1 Å². The van der Waals surface area contributed by atoms with Crippen molar-refractivity contribution in [2.75, 3.05) is 27.2 Å². The average Bonchev–Trinajstić information content (AvgIpc) is 3.27. The number of hydrogen-bond acceptors (Lipinski definition) is 5. The van der Waals surface area contributed by atoms with Gasteiger partial charge in [-0.2, -0.15) is 5.10 Å². The predicted octanol–water partition coefficient (Wildman–Crippen LogP) is 3.18. The van der Waals surface area contributed by atoms with Gasteiger partial charge in [0.2, 0.25) is 0 Å². The minimum absolute atomic E-state index is 0.0620. The predicted molar refractivity (Wildman–Crippen MR) is 107 cm³/mol. The fourth-order valence-corrected chi connectivity index (χ4v) is 4.77. The third-order valence-electron chi connectivity index (χ3n) is 5.33. The highest BCUT2D eigenvalue weighted by molar-refractivity contribution is 7.10. The van der Waals surface area contributed by atoms with E-state index in [9.17, 15) is 4.79 Å². The molecule has 0 aliphatic carbocycles. The smallest absolute Gasteiger partial charge is 0.258 e. The minimum atomic E-state index is -0.0620. The van der Waals surface area contributed by atoms with E-state index in [1.165, 1.54) is 16.9 Å². The molecule has 1 unspecified atom stereocenters. The van der Waals surface area contributed by atoms with Crippen molar-refractivity contribution in [1.29, 1.82) is 0 Å². The number of carbonyl (C=O) groups is 1. The minimum Gasteiger partial charge on any atom is -0.345 e. The molecule has 0 N–H and O–H groups in total. The molecule has 4 rings (SSSR count). The van der Waals surface area contributed by atoms with E-state index in [-0.39, 0.29) is 5.91 Å². The third kappa shape index (κ3) is 3.49. The summed E-state index contributed by atoms with van der Waals surface area (Å²) in [7, 11) is 3.50. The number of aromatic nitrogens is 3. The Morgan fingerprint density at radius 1 is 1.37 bits per heavy atom. The number of hydrogen-bond donors (Lipinski definition) is 0. The number of rotatable bonds is 4. The molecule has 3 aromatic heterocycles. The van der Waals surface area contributed by atoms with Crippen LogP contribution in [0.3, 0.4) is 0 Å². The van der Waals surface area contributed by atoms with Gasteiger partial charge in [-0.05, 0) is 49.4 Å². The van der Waals surface area contributed by atoms with E-state index >= 15 is 0 Å². The van der Waals surface area contributed by atoms with Crippen molar-refractivity contribution < 1.29 is 4.79 Å². The maximum atomic E-state index is 12.4. The molecule has 0 aromatic carbocycles. The summed E-state index contributed by atoms with van der Waals surface area (Å²) in [4.78, 5) is 22.4. The quantitative estimate of drug-likeness (QED) is 0.694. The normalized spacial score (nSPS) is 18.1. The van der Waals surface area contributed by atoms with Crippen LogP contribution in [0.1, 0.15) is 45.3 Å². The summed E-state index contributed by atoms with van der Waals surface area (Å²) in [5.41, 5.74) is 3.74. The summed E-state index contributed by atoms with van der Waals surface area (Å²) < 4.78 is 1.86. The van der Waals surface area contributed by atoms with Crippen LogP contribution in [0.5, 0.6) is 0 Å². The van der Waals surface area contributed by atoms with Gasteiger partial charge in [0.1, 0.15) is 5.56 Å². The van der Waals surface area contributed by atoms with Crippen molar-refractivity contribution in [2.24, 2.45) is 0 Å².